The highest BCUT2D eigenvalue weighted by atomic mass is 32.2. The Morgan fingerprint density at radius 1 is 0.867 bits per heavy atom. The van der Waals surface area contributed by atoms with E-state index < -0.39 is 15.3 Å². The van der Waals surface area contributed by atoms with Gasteiger partial charge in [0.15, 0.2) is 0 Å². The molecule has 1 fully saturated rings. The molecular formula is C24H32N2O3S. The predicted molar refractivity (Wildman–Crippen MR) is 123 cm³/mol. The summed E-state index contributed by atoms with van der Waals surface area (Å²) in [5.74, 6) is 1.88. The topological polar surface area (TPSA) is 75.3 Å². The molecule has 1 aliphatic rings. The highest BCUT2D eigenvalue weighted by Gasteiger charge is 2.25. The van der Waals surface area contributed by atoms with E-state index in [2.05, 4.69) is 36.0 Å². The first-order valence-electron chi connectivity index (χ1n) is 10.7. The lowest BCUT2D eigenvalue weighted by Crippen LogP contribution is -2.22. The van der Waals surface area contributed by atoms with Crippen molar-refractivity contribution in [3.63, 3.8) is 0 Å². The number of amides is 1. The van der Waals surface area contributed by atoms with Gasteiger partial charge < -0.3 is 5.32 Å². The number of benzene rings is 2. The summed E-state index contributed by atoms with van der Waals surface area (Å²) < 4.78 is 26.4. The highest BCUT2D eigenvalue weighted by Crippen LogP contribution is 2.39. The van der Waals surface area contributed by atoms with Crippen molar-refractivity contribution >= 4 is 27.3 Å². The molecule has 0 spiro atoms. The van der Waals surface area contributed by atoms with Gasteiger partial charge in [-0.15, -0.1) is 0 Å². The summed E-state index contributed by atoms with van der Waals surface area (Å²) in [6.45, 7) is 7.89. The Hall–Kier alpha value is -2.34. The van der Waals surface area contributed by atoms with E-state index in [1.165, 1.54) is 24.8 Å². The third-order valence-corrected chi connectivity index (χ3v) is 7.61. The molecule has 3 rings (SSSR count). The Morgan fingerprint density at radius 3 is 1.93 bits per heavy atom. The fourth-order valence-corrected chi connectivity index (χ4v) is 4.93. The molecule has 162 valence electrons. The lowest BCUT2D eigenvalue weighted by molar-refractivity contribution is 0.102. The molecule has 0 heterocycles. The second kappa shape index (κ2) is 9.21. The van der Waals surface area contributed by atoms with Gasteiger partial charge in [0.05, 0.1) is 5.25 Å². The fourth-order valence-electron chi connectivity index (χ4n) is 4.23. The van der Waals surface area contributed by atoms with Crippen molar-refractivity contribution < 1.29 is 13.2 Å². The SMILES string of the molecule is CC1CC(C)CC(c2ccc(NC(=O)c3ccc(NS(=O)(=O)C(C)C)cc3)cc2)C1. The van der Waals surface area contributed by atoms with Gasteiger partial charge in [0.1, 0.15) is 0 Å². The first-order valence-corrected chi connectivity index (χ1v) is 12.2. The molecule has 6 heteroatoms. The van der Waals surface area contributed by atoms with Crippen molar-refractivity contribution in [2.45, 2.75) is 58.1 Å². The first-order chi connectivity index (χ1) is 14.1. The molecule has 30 heavy (non-hydrogen) atoms. The average molecular weight is 429 g/mol. The normalized spacial score (nSPS) is 22.0. The number of anilines is 2. The fraction of sp³-hybridized carbons (Fsp3) is 0.458. The predicted octanol–water partition coefficient (Wildman–Crippen LogP) is 5.63. The first kappa shape index (κ1) is 22.3. The van der Waals surface area contributed by atoms with Crippen LogP contribution in [0.2, 0.25) is 0 Å². The van der Waals surface area contributed by atoms with Gasteiger partial charge in [0.2, 0.25) is 10.0 Å². The lowest BCUT2D eigenvalue weighted by Gasteiger charge is -2.31. The molecule has 2 aromatic carbocycles. The second-order valence-corrected chi connectivity index (χ2v) is 11.2. The van der Waals surface area contributed by atoms with Gasteiger partial charge in [-0.1, -0.05) is 26.0 Å². The van der Waals surface area contributed by atoms with Crippen molar-refractivity contribution in [3.8, 4) is 0 Å². The van der Waals surface area contributed by atoms with E-state index in [0.717, 1.165) is 17.5 Å². The van der Waals surface area contributed by atoms with Gasteiger partial charge in [0, 0.05) is 16.9 Å². The van der Waals surface area contributed by atoms with Gasteiger partial charge in [0.25, 0.3) is 5.91 Å². The molecule has 0 bridgehead atoms. The maximum absolute atomic E-state index is 12.5. The minimum atomic E-state index is -3.40. The van der Waals surface area contributed by atoms with Crippen LogP contribution in [-0.4, -0.2) is 19.6 Å². The standard InChI is InChI=1S/C24H32N2O3S/c1-16(2)30(28,29)26-23-11-7-20(8-12-23)24(27)25-22-9-5-19(6-10-22)21-14-17(3)13-18(4)15-21/h5-12,16-18,21,26H,13-15H2,1-4H3,(H,25,27). The highest BCUT2D eigenvalue weighted by molar-refractivity contribution is 7.93. The van der Waals surface area contributed by atoms with Gasteiger partial charge >= 0.3 is 0 Å². The summed E-state index contributed by atoms with van der Waals surface area (Å²) in [4.78, 5) is 12.5. The lowest BCUT2D eigenvalue weighted by atomic mass is 9.74. The quantitative estimate of drug-likeness (QED) is 0.626. The van der Waals surface area contributed by atoms with E-state index in [1.54, 1.807) is 38.1 Å². The number of sulfonamides is 1. The van der Waals surface area contributed by atoms with Crippen molar-refractivity contribution in [2.75, 3.05) is 10.0 Å². The largest absolute Gasteiger partial charge is 0.322 e. The van der Waals surface area contributed by atoms with Crippen molar-refractivity contribution in [3.05, 3.63) is 59.7 Å². The summed E-state index contributed by atoms with van der Waals surface area (Å²) in [5, 5.41) is 2.39. The smallest absolute Gasteiger partial charge is 0.255 e. The zero-order valence-electron chi connectivity index (χ0n) is 18.2. The molecule has 1 saturated carbocycles. The maximum atomic E-state index is 12.5. The molecule has 0 aromatic heterocycles. The van der Waals surface area contributed by atoms with E-state index in [9.17, 15) is 13.2 Å². The van der Waals surface area contributed by atoms with Crippen LogP contribution in [0, 0.1) is 11.8 Å². The van der Waals surface area contributed by atoms with Crippen LogP contribution in [0.5, 0.6) is 0 Å². The summed E-state index contributed by atoms with van der Waals surface area (Å²) in [6, 6.07) is 14.6. The van der Waals surface area contributed by atoms with E-state index in [4.69, 9.17) is 0 Å². The number of hydrogen-bond donors (Lipinski definition) is 2. The third kappa shape index (κ3) is 5.63. The Bertz CT molecular complexity index is 957. The van der Waals surface area contributed by atoms with Gasteiger partial charge in [-0.2, -0.15) is 0 Å². The van der Waals surface area contributed by atoms with Gasteiger partial charge in [-0.3, -0.25) is 9.52 Å². The van der Waals surface area contributed by atoms with E-state index in [-0.39, 0.29) is 5.91 Å². The number of nitrogens with one attached hydrogen (secondary N) is 2. The summed E-state index contributed by atoms with van der Waals surface area (Å²) in [6.07, 6.45) is 3.76. The van der Waals surface area contributed by atoms with Crippen LogP contribution in [-0.2, 0) is 10.0 Å². The molecule has 1 aliphatic carbocycles. The van der Waals surface area contributed by atoms with Crippen molar-refractivity contribution in [1.29, 1.82) is 0 Å². The number of rotatable bonds is 6. The molecule has 1 amide bonds. The number of hydrogen-bond acceptors (Lipinski definition) is 3. The molecular weight excluding hydrogens is 396 g/mol. The van der Waals surface area contributed by atoms with E-state index in [0.29, 0.717) is 17.2 Å². The summed E-state index contributed by atoms with van der Waals surface area (Å²) in [5.41, 5.74) is 3.01. The van der Waals surface area contributed by atoms with Crippen LogP contribution in [0.1, 0.15) is 68.8 Å². The molecule has 0 radical (unpaired) electrons. The molecule has 5 nitrogen and oxygen atoms in total. The Labute approximate surface area is 180 Å². The molecule has 2 N–H and O–H groups in total. The Kier molecular flexibility index (Phi) is 6.86. The van der Waals surface area contributed by atoms with Crippen molar-refractivity contribution in [2.24, 2.45) is 11.8 Å². The minimum Gasteiger partial charge on any atom is -0.322 e. The van der Waals surface area contributed by atoms with E-state index >= 15 is 0 Å². The van der Waals surface area contributed by atoms with Crippen LogP contribution in [0.15, 0.2) is 48.5 Å². The number of carbonyl (C=O) groups excluding carboxylic acids is 1. The van der Waals surface area contributed by atoms with E-state index in [1.807, 2.05) is 12.1 Å². The van der Waals surface area contributed by atoms with Gasteiger partial charge in [-0.05, 0) is 92.8 Å². The zero-order chi connectivity index (χ0) is 21.9. The minimum absolute atomic E-state index is 0.221. The monoisotopic (exact) mass is 428 g/mol. The van der Waals surface area contributed by atoms with Crippen LogP contribution in [0.4, 0.5) is 11.4 Å². The van der Waals surface area contributed by atoms with Crippen molar-refractivity contribution in [1.82, 2.24) is 0 Å². The second-order valence-electron chi connectivity index (χ2n) is 8.96. The third-order valence-electron chi connectivity index (χ3n) is 5.85. The number of carbonyl (C=O) groups is 1. The maximum Gasteiger partial charge on any atom is 0.255 e. The molecule has 2 unspecified atom stereocenters. The Morgan fingerprint density at radius 2 is 1.40 bits per heavy atom. The van der Waals surface area contributed by atoms with Crippen LogP contribution >= 0.6 is 0 Å². The molecule has 0 saturated heterocycles. The molecule has 0 aliphatic heterocycles. The average Bonchev–Trinajstić information content (AvgIpc) is 2.68. The van der Waals surface area contributed by atoms with Gasteiger partial charge in [-0.25, -0.2) is 8.42 Å². The van der Waals surface area contributed by atoms with Crippen LogP contribution < -0.4 is 10.0 Å². The summed E-state index contributed by atoms with van der Waals surface area (Å²) >= 11 is 0. The molecule has 2 atom stereocenters. The summed E-state index contributed by atoms with van der Waals surface area (Å²) in [7, 11) is -3.40. The zero-order valence-corrected chi connectivity index (χ0v) is 19.0. The Balaban J connectivity index is 1.62. The van der Waals surface area contributed by atoms with Crippen LogP contribution in [0.25, 0.3) is 0 Å². The van der Waals surface area contributed by atoms with Crippen LogP contribution in [0.3, 0.4) is 0 Å². The molecule has 2 aromatic rings.